The number of hydrogen-bond donors (Lipinski definition) is 0. The van der Waals surface area contributed by atoms with E-state index in [1.807, 2.05) is 36.4 Å². The Morgan fingerprint density at radius 1 is 1.05 bits per heavy atom. The first-order chi connectivity index (χ1) is 10.1. The summed E-state index contributed by atoms with van der Waals surface area (Å²) < 4.78 is 0. The van der Waals surface area contributed by atoms with Crippen molar-refractivity contribution in [2.75, 3.05) is 0 Å². The molecule has 106 valence electrons. The van der Waals surface area contributed by atoms with Gasteiger partial charge in [-0.1, -0.05) is 59.6 Å². The Hall–Kier alpha value is -1.82. The summed E-state index contributed by atoms with van der Waals surface area (Å²) in [5.41, 5.74) is 1.47. The number of hydrogen-bond acceptors (Lipinski definition) is 2. The maximum atomic E-state index is 12.3. The van der Waals surface area contributed by atoms with Crippen LogP contribution in [0.2, 0.25) is 10.0 Å². The molecule has 2 rings (SSSR count). The van der Waals surface area contributed by atoms with Crippen molar-refractivity contribution in [1.29, 1.82) is 5.26 Å². The lowest BCUT2D eigenvalue weighted by molar-refractivity contribution is -0.119. The van der Waals surface area contributed by atoms with Crippen molar-refractivity contribution in [1.82, 2.24) is 0 Å². The van der Waals surface area contributed by atoms with Gasteiger partial charge in [0.25, 0.3) is 0 Å². The molecule has 2 aromatic carbocycles. The third-order valence-corrected chi connectivity index (χ3v) is 3.90. The summed E-state index contributed by atoms with van der Waals surface area (Å²) in [6.07, 6.45) is 0.879. The second-order valence-corrected chi connectivity index (χ2v) is 5.46. The lowest BCUT2D eigenvalue weighted by Gasteiger charge is -2.12. The summed E-state index contributed by atoms with van der Waals surface area (Å²) in [5.74, 6) is -1.09. The minimum absolute atomic E-state index is 0.170. The van der Waals surface area contributed by atoms with Crippen molar-refractivity contribution in [3.63, 3.8) is 0 Å². The van der Waals surface area contributed by atoms with E-state index in [0.29, 0.717) is 22.0 Å². The van der Waals surface area contributed by atoms with Crippen LogP contribution in [-0.2, 0) is 11.2 Å². The summed E-state index contributed by atoms with van der Waals surface area (Å²) in [5, 5.41) is 10.0. The Labute approximate surface area is 133 Å². The zero-order chi connectivity index (χ0) is 15.2. The first kappa shape index (κ1) is 15.6. The quantitative estimate of drug-likeness (QED) is 0.794. The van der Waals surface area contributed by atoms with E-state index < -0.39 is 5.92 Å². The molecule has 0 spiro atoms. The summed E-state index contributed by atoms with van der Waals surface area (Å²) >= 11 is 12.2. The minimum atomic E-state index is -0.921. The monoisotopic (exact) mass is 317 g/mol. The molecule has 0 amide bonds. The van der Waals surface area contributed by atoms with Gasteiger partial charge in [-0.3, -0.25) is 4.79 Å². The summed E-state index contributed by atoms with van der Waals surface area (Å²) in [7, 11) is 0. The van der Waals surface area contributed by atoms with Crippen molar-refractivity contribution in [3.05, 3.63) is 69.7 Å². The maximum Gasteiger partial charge on any atom is 0.154 e. The van der Waals surface area contributed by atoms with Gasteiger partial charge in [0.1, 0.15) is 5.92 Å². The van der Waals surface area contributed by atoms with Gasteiger partial charge in [0.15, 0.2) is 5.78 Å². The smallest absolute Gasteiger partial charge is 0.154 e. The first-order valence-electron chi connectivity index (χ1n) is 6.53. The summed E-state index contributed by atoms with van der Waals surface area (Å²) in [6.45, 7) is 0. The molecule has 0 fully saturated rings. The van der Waals surface area contributed by atoms with Gasteiger partial charge in [0.2, 0.25) is 0 Å². The number of carbonyl (C=O) groups is 1. The number of nitriles is 1. The SMILES string of the molecule is N#CC(C(=O)CCc1ccccc1)c1c(Cl)cccc1Cl. The Kier molecular flexibility index (Phi) is 5.38. The van der Waals surface area contributed by atoms with Crippen molar-refractivity contribution in [3.8, 4) is 6.07 Å². The van der Waals surface area contributed by atoms with Crippen molar-refractivity contribution < 1.29 is 4.79 Å². The molecular formula is C17H13Cl2NO. The Morgan fingerprint density at radius 2 is 1.67 bits per heavy atom. The molecule has 0 aliphatic carbocycles. The molecule has 0 N–H and O–H groups in total. The summed E-state index contributed by atoms with van der Waals surface area (Å²) in [4.78, 5) is 12.3. The van der Waals surface area contributed by atoms with Crippen LogP contribution >= 0.6 is 23.2 Å². The molecule has 2 nitrogen and oxygen atoms in total. The molecule has 1 atom stereocenters. The number of carbonyl (C=O) groups excluding carboxylic acids is 1. The third-order valence-electron chi connectivity index (χ3n) is 3.24. The number of nitrogens with zero attached hydrogens (tertiary/aromatic N) is 1. The van der Waals surface area contributed by atoms with E-state index in [1.54, 1.807) is 18.2 Å². The highest BCUT2D eigenvalue weighted by Gasteiger charge is 2.24. The van der Waals surface area contributed by atoms with E-state index in [2.05, 4.69) is 0 Å². The topological polar surface area (TPSA) is 40.9 Å². The van der Waals surface area contributed by atoms with E-state index in [1.165, 1.54) is 0 Å². The van der Waals surface area contributed by atoms with Crippen molar-refractivity contribution in [2.45, 2.75) is 18.8 Å². The number of ketones is 1. The van der Waals surface area contributed by atoms with Crippen LogP contribution in [0.3, 0.4) is 0 Å². The Balaban J connectivity index is 2.15. The molecule has 1 unspecified atom stereocenters. The number of benzene rings is 2. The van der Waals surface area contributed by atoms with E-state index in [-0.39, 0.29) is 12.2 Å². The molecule has 4 heteroatoms. The fourth-order valence-corrected chi connectivity index (χ4v) is 2.76. The van der Waals surface area contributed by atoms with Crippen LogP contribution in [0, 0.1) is 11.3 Å². The number of halogens is 2. The van der Waals surface area contributed by atoms with Gasteiger partial charge in [-0.05, 0) is 24.1 Å². The largest absolute Gasteiger partial charge is 0.298 e. The fourth-order valence-electron chi connectivity index (χ4n) is 2.14. The predicted octanol–water partition coefficient (Wildman–Crippen LogP) is 4.80. The summed E-state index contributed by atoms with van der Waals surface area (Å²) in [6, 6.07) is 16.7. The molecule has 0 saturated heterocycles. The molecule has 0 bridgehead atoms. The van der Waals surface area contributed by atoms with Gasteiger partial charge < -0.3 is 0 Å². The standard InChI is InChI=1S/C17H13Cl2NO/c18-14-7-4-8-15(19)17(14)13(11-20)16(21)10-9-12-5-2-1-3-6-12/h1-8,13H,9-10H2. The Bertz CT molecular complexity index is 657. The highest BCUT2D eigenvalue weighted by atomic mass is 35.5. The molecule has 0 aliphatic heterocycles. The van der Waals surface area contributed by atoms with Gasteiger partial charge in [0.05, 0.1) is 6.07 Å². The van der Waals surface area contributed by atoms with Crippen LogP contribution in [0.1, 0.15) is 23.5 Å². The Morgan fingerprint density at radius 3 is 2.24 bits per heavy atom. The van der Waals surface area contributed by atoms with E-state index >= 15 is 0 Å². The van der Waals surface area contributed by atoms with Crippen LogP contribution in [0.25, 0.3) is 0 Å². The van der Waals surface area contributed by atoms with Crippen LogP contribution in [0.5, 0.6) is 0 Å². The lowest BCUT2D eigenvalue weighted by atomic mass is 9.92. The van der Waals surface area contributed by atoms with E-state index in [9.17, 15) is 10.1 Å². The lowest BCUT2D eigenvalue weighted by Crippen LogP contribution is -2.12. The van der Waals surface area contributed by atoms with Gasteiger partial charge in [-0.2, -0.15) is 5.26 Å². The third kappa shape index (κ3) is 3.85. The highest BCUT2D eigenvalue weighted by Crippen LogP contribution is 2.32. The molecule has 0 aliphatic rings. The molecule has 21 heavy (non-hydrogen) atoms. The van der Waals surface area contributed by atoms with Gasteiger partial charge in [-0.25, -0.2) is 0 Å². The molecule has 0 saturated carbocycles. The minimum Gasteiger partial charge on any atom is -0.298 e. The van der Waals surface area contributed by atoms with Crippen molar-refractivity contribution in [2.24, 2.45) is 0 Å². The van der Waals surface area contributed by atoms with Crippen LogP contribution in [0.4, 0.5) is 0 Å². The zero-order valence-corrected chi connectivity index (χ0v) is 12.7. The van der Waals surface area contributed by atoms with E-state index in [4.69, 9.17) is 23.2 Å². The van der Waals surface area contributed by atoms with Crippen LogP contribution < -0.4 is 0 Å². The van der Waals surface area contributed by atoms with Crippen LogP contribution in [-0.4, -0.2) is 5.78 Å². The predicted molar refractivity (Wildman–Crippen MR) is 84.6 cm³/mol. The van der Waals surface area contributed by atoms with Gasteiger partial charge >= 0.3 is 0 Å². The second-order valence-electron chi connectivity index (χ2n) is 4.65. The van der Waals surface area contributed by atoms with Gasteiger partial charge in [0, 0.05) is 22.0 Å². The number of aryl methyl sites for hydroxylation is 1. The zero-order valence-electron chi connectivity index (χ0n) is 11.2. The molecule has 0 radical (unpaired) electrons. The number of Topliss-reactive ketones (excluding diaryl/α,β-unsaturated/α-hetero) is 1. The van der Waals surface area contributed by atoms with Gasteiger partial charge in [-0.15, -0.1) is 0 Å². The highest BCUT2D eigenvalue weighted by molar-refractivity contribution is 6.36. The maximum absolute atomic E-state index is 12.3. The molecular weight excluding hydrogens is 305 g/mol. The normalized spacial score (nSPS) is 11.7. The second kappa shape index (κ2) is 7.26. The average molecular weight is 318 g/mol. The van der Waals surface area contributed by atoms with Crippen molar-refractivity contribution >= 4 is 29.0 Å². The number of rotatable bonds is 5. The average Bonchev–Trinajstić information content (AvgIpc) is 2.50. The van der Waals surface area contributed by atoms with E-state index in [0.717, 1.165) is 5.56 Å². The van der Waals surface area contributed by atoms with Crippen LogP contribution in [0.15, 0.2) is 48.5 Å². The molecule has 0 aromatic heterocycles. The molecule has 2 aromatic rings. The fraction of sp³-hybridized carbons (Fsp3) is 0.176. The molecule has 0 heterocycles. The first-order valence-corrected chi connectivity index (χ1v) is 7.29.